The van der Waals surface area contributed by atoms with Gasteiger partial charge in [0, 0.05) is 32.7 Å². The van der Waals surface area contributed by atoms with Crippen LogP contribution in [0.3, 0.4) is 0 Å². The van der Waals surface area contributed by atoms with E-state index >= 15 is 0 Å². The zero-order valence-electron chi connectivity index (χ0n) is 19.2. The number of carbonyl (C=O) groups excluding carboxylic acids is 1. The second kappa shape index (κ2) is 10.8. The highest BCUT2D eigenvalue weighted by molar-refractivity contribution is 5.81. The van der Waals surface area contributed by atoms with Crippen LogP contribution in [0.25, 0.3) is 0 Å². The molecule has 2 aliphatic heterocycles. The third-order valence-corrected chi connectivity index (χ3v) is 5.86. The molecule has 0 aromatic heterocycles. The van der Waals surface area contributed by atoms with Gasteiger partial charge in [0.15, 0.2) is 11.5 Å². The van der Waals surface area contributed by atoms with Crippen LogP contribution in [0.1, 0.15) is 25.0 Å². The monoisotopic (exact) mass is 438 g/mol. The van der Waals surface area contributed by atoms with Crippen LogP contribution in [0.2, 0.25) is 0 Å². The van der Waals surface area contributed by atoms with Crippen LogP contribution >= 0.6 is 0 Å². The minimum atomic E-state index is -0.421. The van der Waals surface area contributed by atoms with Gasteiger partial charge >= 0.3 is 0 Å². The molecular formula is C26H34N2O4. The number of nitrogens with zero attached hydrogens (tertiary/aromatic N) is 2. The van der Waals surface area contributed by atoms with Gasteiger partial charge in [-0.1, -0.05) is 50.2 Å². The highest BCUT2D eigenvalue weighted by Gasteiger charge is 2.30. The summed E-state index contributed by atoms with van der Waals surface area (Å²) in [6, 6.07) is 16.4. The lowest BCUT2D eigenvalue weighted by molar-refractivity contribution is -0.150. The van der Waals surface area contributed by atoms with Crippen LogP contribution in [-0.2, 0) is 22.5 Å². The summed E-state index contributed by atoms with van der Waals surface area (Å²) in [5.74, 6) is 1.96. The molecule has 0 N–H and O–H groups in total. The molecule has 172 valence electrons. The molecule has 1 unspecified atom stereocenters. The van der Waals surface area contributed by atoms with Crippen LogP contribution in [0.4, 0.5) is 0 Å². The molecule has 6 nitrogen and oxygen atoms in total. The SMILES string of the molecule is CC(C)CN(Cc1ccc2c(c1)OCCO2)C(=O)C1CN(CCc2ccccc2)CCO1. The van der Waals surface area contributed by atoms with Crippen LogP contribution in [0.5, 0.6) is 11.5 Å². The smallest absolute Gasteiger partial charge is 0.253 e. The predicted molar refractivity (Wildman–Crippen MR) is 124 cm³/mol. The van der Waals surface area contributed by atoms with Gasteiger partial charge in [0.25, 0.3) is 5.91 Å². The van der Waals surface area contributed by atoms with Crippen molar-refractivity contribution in [3.63, 3.8) is 0 Å². The van der Waals surface area contributed by atoms with E-state index in [4.69, 9.17) is 14.2 Å². The van der Waals surface area contributed by atoms with Crippen molar-refractivity contribution in [2.45, 2.75) is 32.9 Å². The molecule has 0 saturated carbocycles. The largest absolute Gasteiger partial charge is 0.486 e. The Labute approximate surface area is 191 Å². The summed E-state index contributed by atoms with van der Waals surface area (Å²) in [4.78, 5) is 17.7. The standard InChI is InChI=1S/C26H34N2O4/c1-20(2)17-28(18-22-8-9-23-24(16-22)32-15-14-31-23)26(29)25-19-27(12-13-30-25)11-10-21-6-4-3-5-7-21/h3-9,16,20,25H,10-15,17-19H2,1-2H3. The highest BCUT2D eigenvalue weighted by Crippen LogP contribution is 2.31. The lowest BCUT2D eigenvalue weighted by Crippen LogP contribution is -2.51. The van der Waals surface area contributed by atoms with Crippen molar-refractivity contribution in [2.75, 3.05) is 46.0 Å². The Morgan fingerprint density at radius 1 is 1.03 bits per heavy atom. The number of hydrogen-bond donors (Lipinski definition) is 0. The molecule has 0 radical (unpaired) electrons. The number of amides is 1. The number of ether oxygens (including phenoxy) is 3. The van der Waals surface area contributed by atoms with E-state index < -0.39 is 6.10 Å². The quantitative estimate of drug-likeness (QED) is 0.632. The van der Waals surface area contributed by atoms with E-state index in [1.807, 2.05) is 29.2 Å². The zero-order chi connectivity index (χ0) is 22.3. The van der Waals surface area contributed by atoms with E-state index in [2.05, 4.69) is 43.0 Å². The van der Waals surface area contributed by atoms with E-state index in [1.165, 1.54) is 5.56 Å². The average Bonchev–Trinajstić information content (AvgIpc) is 2.82. The minimum Gasteiger partial charge on any atom is -0.486 e. The maximum atomic E-state index is 13.5. The van der Waals surface area contributed by atoms with Crippen molar-refractivity contribution in [1.29, 1.82) is 0 Å². The average molecular weight is 439 g/mol. The van der Waals surface area contributed by atoms with E-state index in [1.54, 1.807) is 0 Å². The van der Waals surface area contributed by atoms with Crippen molar-refractivity contribution in [3.05, 3.63) is 59.7 Å². The molecule has 0 bridgehead atoms. The van der Waals surface area contributed by atoms with E-state index in [0.29, 0.717) is 45.4 Å². The molecule has 2 heterocycles. The van der Waals surface area contributed by atoms with Crippen molar-refractivity contribution in [2.24, 2.45) is 5.92 Å². The van der Waals surface area contributed by atoms with Gasteiger partial charge in [0.2, 0.25) is 0 Å². The zero-order valence-corrected chi connectivity index (χ0v) is 19.2. The summed E-state index contributed by atoms with van der Waals surface area (Å²) in [7, 11) is 0. The lowest BCUT2D eigenvalue weighted by Gasteiger charge is -2.35. The second-order valence-corrected chi connectivity index (χ2v) is 8.99. The van der Waals surface area contributed by atoms with Gasteiger partial charge in [-0.05, 0) is 35.6 Å². The van der Waals surface area contributed by atoms with Gasteiger partial charge in [-0.2, -0.15) is 0 Å². The Kier molecular flexibility index (Phi) is 7.66. The first kappa shape index (κ1) is 22.6. The fourth-order valence-corrected chi connectivity index (χ4v) is 4.27. The summed E-state index contributed by atoms with van der Waals surface area (Å²) in [6.45, 7) is 9.66. The fraction of sp³-hybridized carbons (Fsp3) is 0.500. The highest BCUT2D eigenvalue weighted by atomic mass is 16.6. The van der Waals surface area contributed by atoms with Crippen LogP contribution < -0.4 is 9.47 Å². The van der Waals surface area contributed by atoms with Gasteiger partial charge < -0.3 is 19.1 Å². The first-order valence-electron chi connectivity index (χ1n) is 11.6. The Morgan fingerprint density at radius 3 is 2.59 bits per heavy atom. The Morgan fingerprint density at radius 2 is 1.81 bits per heavy atom. The Balaban J connectivity index is 1.39. The first-order valence-corrected chi connectivity index (χ1v) is 11.6. The van der Waals surface area contributed by atoms with Crippen LogP contribution in [0.15, 0.2) is 48.5 Å². The Bertz CT molecular complexity index is 887. The van der Waals surface area contributed by atoms with Crippen molar-refractivity contribution >= 4 is 5.91 Å². The first-order chi connectivity index (χ1) is 15.6. The number of benzene rings is 2. The molecule has 1 amide bonds. The summed E-state index contributed by atoms with van der Waals surface area (Å²) >= 11 is 0. The predicted octanol–water partition coefficient (Wildman–Crippen LogP) is 3.39. The number of carbonyl (C=O) groups is 1. The van der Waals surface area contributed by atoms with Gasteiger partial charge in [0.05, 0.1) is 6.61 Å². The number of rotatable bonds is 8. The topological polar surface area (TPSA) is 51.2 Å². The molecule has 6 heteroatoms. The molecule has 2 aliphatic rings. The fourth-order valence-electron chi connectivity index (χ4n) is 4.27. The summed E-state index contributed by atoms with van der Waals surface area (Å²) < 4.78 is 17.3. The summed E-state index contributed by atoms with van der Waals surface area (Å²) in [5, 5.41) is 0. The van der Waals surface area contributed by atoms with Gasteiger partial charge in [0.1, 0.15) is 19.3 Å². The summed E-state index contributed by atoms with van der Waals surface area (Å²) in [5.41, 5.74) is 2.36. The van der Waals surface area contributed by atoms with Crippen molar-refractivity contribution in [3.8, 4) is 11.5 Å². The molecular weight excluding hydrogens is 404 g/mol. The maximum absolute atomic E-state index is 13.5. The Hall–Kier alpha value is -2.57. The minimum absolute atomic E-state index is 0.0676. The van der Waals surface area contributed by atoms with Gasteiger partial charge in [-0.15, -0.1) is 0 Å². The molecule has 0 aliphatic carbocycles. The van der Waals surface area contributed by atoms with E-state index in [0.717, 1.165) is 36.6 Å². The molecule has 1 atom stereocenters. The molecule has 1 fully saturated rings. The van der Waals surface area contributed by atoms with Crippen molar-refractivity contribution in [1.82, 2.24) is 9.80 Å². The third-order valence-electron chi connectivity index (χ3n) is 5.86. The lowest BCUT2D eigenvalue weighted by atomic mass is 10.1. The molecule has 4 rings (SSSR count). The molecule has 2 aromatic rings. The van der Waals surface area contributed by atoms with Crippen LogP contribution in [-0.4, -0.2) is 67.8 Å². The normalized spacial score (nSPS) is 18.5. The third kappa shape index (κ3) is 6.02. The maximum Gasteiger partial charge on any atom is 0.253 e. The van der Waals surface area contributed by atoms with Crippen molar-refractivity contribution < 1.29 is 19.0 Å². The summed E-state index contributed by atoms with van der Waals surface area (Å²) in [6.07, 6.45) is 0.560. The van der Waals surface area contributed by atoms with Gasteiger partial charge in [-0.3, -0.25) is 9.69 Å². The number of hydrogen-bond acceptors (Lipinski definition) is 5. The molecule has 0 spiro atoms. The molecule has 32 heavy (non-hydrogen) atoms. The number of fused-ring (bicyclic) bond motifs is 1. The van der Waals surface area contributed by atoms with E-state index in [9.17, 15) is 4.79 Å². The number of morpholine rings is 1. The van der Waals surface area contributed by atoms with Gasteiger partial charge in [-0.25, -0.2) is 0 Å². The molecule has 1 saturated heterocycles. The van der Waals surface area contributed by atoms with E-state index in [-0.39, 0.29) is 5.91 Å². The van der Waals surface area contributed by atoms with Crippen LogP contribution in [0, 0.1) is 5.92 Å². The second-order valence-electron chi connectivity index (χ2n) is 8.99. The molecule has 2 aromatic carbocycles.